The maximum absolute atomic E-state index is 12.8. The Hall–Kier alpha value is -2.65. The zero-order valence-corrected chi connectivity index (χ0v) is 47.1. The zero-order chi connectivity index (χ0) is 65.5. The van der Waals surface area contributed by atoms with E-state index in [4.69, 9.17) is 57.5 Å². The van der Waals surface area contributed by atoms with Crippen molar-refractivity contribution in [2.24, 2.45) is 5.73 Å². The van der Waals surface area contributed by atoms with Gasteiger partial charge in [-0.25, -0.2) is 30.5 Å². The first-order valence-corrected chi connectivity index (χ1v) is 32.2. The van der Waals surface area contributed by atoms with Crippen LogP contribution in [0.2, 0.25) is 0 Å². The molecular formula is C30H51N3O46S7. The van der Waals surface area contributed by atoms with E-state index in [1.807, 2.05) is 0 Å². The van der Waals surface area contributed by atoms with Gasteiger partial charge in [0.25, 0.3) is 0 Å². The number of hydrogen-bond acceptors (Lipinski definition) is 38. The summed E-state index contributed by atoms with van der Waals surface area (Å²) in [4.78, 5) is 25.5. The number of nitrogens with one attached hydrogen (secondary N) is 2. The highest BCUT2D eigenvalue weighted by Crippen LogP contribution is 2.38. The molecule has 0 unspecified atom stereocenters. The van der Waals surface area contributed by atoms with E-state index in [1.54, 1.807) is 0 Å². The summed E-state index contributed by atoms with van der Waals surface area (Å²) in [6.45, 7) is -4.75. The van der Waals surface area contributed by atoms with Gasteiger partial charge in [0.1, 0.15) is 97.5 Å². The van der Waals surface area contributed by atoms with E-state index < -0.39 is 258 Å². The molecule has 504 valence electrons. The van der Waals surface area contributed by atoms with Gasteiger partial charge in [0, 0.05) is 0 Å². The predicted octanol–water partition coefficient (Wildman–Crippen LogP) is -13.8. The quantitative estimate of drug-likeness (QED) is 0.0340. The molecule has 0 aromatic rings. The predicted molar refractivity (Wildman–Crippen MR) is 247 cm³/mol. The molecule has 5 rings (SSSR count). The van der Waals surface area contributed by atoms with Gasteiger partial charge in [-0.15, -0.1) is 0 Å². The Morgan fingerprint density at radius 2 is 0.826 bits per heavy atom. The number of ether oxygens (including phenoxy) is 9. The smallest absolute Gasteiger partial charge is 0.397 e. The van der Waals surface area contributed by atoms with Crippen molar-refractivity contribution in [3.05, 3.63) is 0 Å². The minimum absolute atomic E-state index is 1.20. The van der Waals surface area contributed by atoms with Crippen molar-refractivity contribution in [2.45, 2.75) is 153 Å². The third-order valence-corrected chi connectivity index (χ3v) is 15.4. The molecule has 0 radical (unpaired) electrons. The van der Waals surface area contributed by atoms with Gasteiger partial charge >= 0.3 is 84.5 Å². The molecule has 56 heteroatoms. The normalized spacial score (nSPS) is 40.0. The molecule has 0 aromatic heterocycles. The summed E-state index contributed by atoms with van der Waals surface area (Å²) < 4.78 is 303. The molecule has 0 aromatic carbocycles. The molecule has 5 aliphatic heterocycles. The van der Waals surface area contributed by atoms with Crippen LogP contribution in [0.4, 0.5) is 0 Å². The summed E-state index contributed by atoms with van der Waals surface area (Å²) in [5, 5.41) is 97.3. The standard InChI is InChI=1S/C30H51N3O46S7/c31-7-17(77-84(57,58)59)16(72-29-13(38)12(37)19(22(75-29)24(40)41)74-28-9(33-81(48,49)50)18(78-85(60,61)62)10(35)5(70-28)2-66-82(51,52)53)4(1-34)69-27(7)73-20-14(39)21(79-86(63,64)65)30(76-23(20)25(42)43)71-15-6(3-67-83(54,55)56)68-26(44)8(11(15)36)32-80(45,46)47/h4-23,26-30,32-39,44H,1-3,31H2,(H,40,41)(H,42,43)(H,45,46,47)(H,48,49,50)(H,51,52,53)(H,54,55,56)(H,57,58,59)(H,60,61,62)(H,63,64,65)/t4-,5-,6-,7-,8-,9-,10-,11-,12-,13+,14+,15-,16-,17-,18-,19+,20+,21-,22+,23-,26+,27-,28-,29-,30-/m1/s1. The van der Waals surface area contributed by atoms with Crippen molar-refractivity contribution >= 4 is 84.5 Å². The molecule has 0 spiro atoms. The lowest BCUT2D eigenvalue weighted by Crippen LogP contribution is -2.70. The van der Waals surface area contributed by atoms with E-state index in [0.29, 0.717) is 0 Å². The van der Waals surface area contributed by atoms with Crippen LogP contribution in [0.5, 0.6) is 0 Å². The highest BCUT2D eigenvalue weighted by molar-refractivity contribution is 7.84. The lowest BCUT2D eigenvalue weighted by molar-refractivity contribution is -0.372. The molecule has 0 aliphatic carbocycles. The Bertz CT molecular complexity index is 3190. The molecule has 0 saturated carbocycles. The third kappa shape index (κ3) is 20.4. The summed E-state index contributed by atoms with van der Waals surface area (Å²) in [6, 6.07) is -7.83. The van der Waals surface area contributed by atoms with Crippen molar-refractivity contribution in [3.63, 3.8) is 0 Å². The second-order valence-electron chi connectivity index (χ2n) is 17.9. The minimum atomic E-state index is -6.00. The molecule has 5 aliphatic rings. The van der Waals surface area contributed by atoms with Gasteiger partial charge in [0.05, 0.1) is 25.9 Å². The highest BCUT2D eigenvalue weighted by atomic mass is 32.3. The average molecular weight is 1410 g/mol. The van der Waals surface area contributed by atoms with Crippen LogP contribution in [-0.2, 0) is 146 Å². The van der Waals surface area contributed by atoms with E-state index in [2.05, 4.69) is 20.9 Å². The topological polar surface area (TPSA) is 776 Å². The number of nitrogens with two attached hydrogens (primary N) is 1. The van der Waals surface area contributed by atoms with Crippen molar-refractivity contribution in [2.75, 3.05) is 19.8 Å². The Labute approximate surface area is 481 Å². The van der Waals surface area contributed by atoms with Gasteiger partial charge in [-0.3, -0.25) is 31.9 Å². The van der Waals surface area contributed by atoms with Crippen molar-refractivity contribution in [1.82, 2.24) is 9.44 Å². The Morgan fingerprint density at radius 3 is 1.30 bits per heavy atom. The monoisotopic (exact) mass is 1410 g/mol. The van der Waals surface area contributed by atoms with Gasteiger partial charge in [-0.2, -0.15) is 68.4 Å². The Morgan fingerprint density at radius 1 is 0.407 bits per heavy atom. The molecular weight excluding hydrogens is 1360 g/mol. The SMILES string of the molecule is N[C@H]1[C@@H](O[C@H]2[C@H](O)[C@@H](OS(=O)(=O)O)[C@H](O[C@H]3[C@H](O)[C@@H](NS(=O)(=O)O)[C@@H](O)O[C@@H]3COS(=O)(=O)O)O[C@H]2C(=O)O)O[C@H](CO)[C@@H](O[C@@H]2O[C@H](C(=O)O)[C@@H](O[C@H]3O[C@H](COS(=O)(=O)O)[C@@H](O)[C@H](OS(=O)(=O)O)[C@H]3NS(=O)(=O)O)[C@H](O)[C@@H]2O)[C@@H]1OS(=O)(=O)O. The Balaban J connectivity index is 1.47. The highest BCUT2D eigenvalue weighted by Gasteiger charge is 2.60. The number of rotatable bonds is 27. The summed E-state index contributed by atoms with van der Waals surface area (Å²) in [6.07, 6.45) is -60.6. The second kappa shape index (κ2) is 28.1. The molecule has 49 nitrogen and oxygen atoms in total. The van der Waals surface area contributed by atoms with E-state index in [-0.39, 0.29) is 0 Å². The average Bonchev–Trinajstić information content (AvgIpc) is 0.911. The van der Waals surface area contributed by atoms with E-state index in [1.165, 1.54) is 9.44 Å². The number of aliphatic hydroxyl groups excluding tert-OH is 7. The maximum Gasteiger partial charge on any atom is 0.397 e. The van der Waals surface area contributed by atoms with Gasteiger partial charge in [-0.1, -0.05) is 0 Å². The number of carbonyl (C=O) groups is 2. The van der Waals surface area contributed by atoms with Crippen LogP contribution in [0.15, 0.2) is 0 Å². The van der Waals surface area contributed by atoms with Crippen LogP contribution in [-0.4, -0.2) is 322 Å². The molecule has 0 bridgehead atoms. The van der Waals surface area contributed by atoms with Gasteiger partial charge < -0.3 is 94.3 Å². The fraction of sp³-hybridized carbons (Fsp3) is 0.933. The van der Waals surface area contributed by atoms with Crippen LogP contribution in [0.25, 0.3) is 0 Å². The molecule has 5 heterocycles. The van der Waals surface area contributed by atoms with Crippen LogP contribution in [0.3, 0.4) is 0 Å². The molecule has 86 heavy (non-hydrogen) atoms. The Kier molecular flexibility index (Phi) is 24.2. The number of aliphatic hydroxyl groups is 7. The summed E-state index contributed by atoms with van der Waals surface area (Å²) in [5.74, 6) is -4.66. The van der Waals surface area contributed by atoms with E-state index in [9.17, 15) is 137 Å². The van der Waals surface area contributed by atoms with Gasteiger partial charge in [-0.05, 0) is 0 Å². The van der Waals surface area contributed by atoms with E-state index in [0.717, 1.165) is 0 Å². The third-order valence-electron chi connectivity index (χ3n) is 12.0. The van der Waals surface area contributed by atoms with Crippen molar-refractivity contribution in [1.29, 1.82) is 0 Å². The minimum Gasteiger partial charge on any atom is -0.479 e. The number of aliphatic carboxylic acids is 2. The van der Waals surface area contributed by atoms with Crippen LogP contribution in [0.1, 0.15) is 0 Å². The lowest BCUT2D eigenvalue weighted by atomic mass is 9.94. The van der Waals surface area contributed by atoms with Crippen LogP contribution in [0, 0.1) is 0 Å². The molecule has 0 amide bonds. The van der Waals surface area contributed by atoms with Crippen LogP contribution < -0.4 is 15.2 Å². The zero-order valence-electron chi connectivity index (χ0n) is 41.4. The fourth-order valence-electron chi connectivity index (χ4n) is 8.63. The summed E-state index contributed by atoms with van der Waals surface area (Å²) in [7, 11) is -40.0. The number of hydrogen-bond donors (Lipinski definition) is 19. The molecule has 25 atom stereocenters. The van der Waals surface area contributed by atoms with Crippen molar-refractivity contribution in [3.8, 4) is 0 Å². The van der Waals surface area contributed by atoms with Gasteiger partial charge in [0.2, 0.25) is 0 Å². The second-order valence-corrected chi connectivity index (χ2v) is 25.6. The first-order valence-electron chi connectivity index (χ1n) is 22.5. The first-order chi connectivity index (χ1) is 39.0. The lowest BCUT2D eigenvalue weighted by Gasteiger charge is -2.50. The molecule has 20 N–H and O–H groups in total. The van der Waals surface area contributed by atoms with E-state index >= 15 is 0 Å². The van der Waals surface area contributed by atoms with Gasteiger partial charge in [0.15, 0.2) is 49.8 Å². The summed E-state index contributed by atoms with van der Waals surface area (Å²) in [5.41, 5.74) is 6.15. The largest absolute Gasteiger partial charge is 0.479 e. The summed E-state index contributed by atoms with van der Waals surface area (Å²) >= 11 is 0. The maximum atomic E-state index is 12.8. The van der Waals surface area contributed by atoms with Crippen LogP contribution >= 0.6 is 0 Å². The molecule has 5 fully saturated rings. The first kappa shape index (κ1) is 74.1. The molecule has 5 saturated heterocycles. The fourth-order valence-corrected chi connectivity index (χ4v) is 12.0. The number of carboxylic acid groups (broad SMARTS) is 2. The van der Waals surface area contributed by atoms with Crippen molar-refractivity contribution < 1.29 is 210 Å². The number of carboxylic acids is 2.